The van der Waals surface area contributed by atoms with E-state index >= 15 is 0 Å². The first-order chi connectivity index (χ1) is 6.33. The van der Waals surface area contributed by atoms with Crippen molar-refractivity contribution in [1.29, 1.82) is 5.26 Å². The summed E-state index contributed by atoms with van der Waals surface area (Å²) in [6.45, 7) is 0. The van der Waals surface area contributed by atoms with Gasteiger partial charge >= 0.3 is 0 Å². The van der Waals surface area contributed by atoms with Gasteiger partial charge in [0.15, 0.2) is 0 Å². The summed E-state index contributed by atoms with van der Waals surface area (Å²) in [6, 6.07) is 6.10. The quantitative estimate of drug-likeness (QED) is 0.548. The average molecular weight is 193 g/mol. The Morgan fingerprint density at radius 1 is 1.38 bits per heavy atom. The number of hydrogen-bond acceptors (Lipinski definition) is 2. The van der Waals surface area contributed by atoms with E-state index in [2.05, 4.69) is 17.5 Å². The first-order valence-electron chi connectivity index (χ1n) is 4.14. The van der Waals surface area contributed by atoms with Gasteiger partial charge in [-0.2, -0.15) is 16.2 Å². The van der Waals surface area contributed by atoms with E-state index < -0.39 is 10.9 Å². The molecule has 0 radical (unpaired) electrons. The SMILES string of the molecule is COc1ccc2c(c1)C[SH](C#N)C2. The highest BCUT2D eigenvalue weighted by atomic mass is 32.2. The van der Waals surface area contributed by atoms with Crippen LogP contribution in [0.5, 0.6) is 5.75 Å². The molecular formula is C10H11NOS. The van der Waals surface area contributed by atoms with Crippen LogP contribution in [0.15, 0.2) is 18.2 Å². The Morgan fingerprint density at radius 3 is 2.85 bits per heavy atom. The lowest BCUT2D eigenvalue weighted by Crippen LogP contribution is -1.86. The van der Waals surface area contributed by atoms with Gasteiger partial charge in [0.25, 0.3) is 0 Å². The number of thiocyanates is 1. The van der Waals surface area contributed by atoms with Crippen molar-refractivity contribution in [2.45, 2.75) is 11.5 Å². The summed E-state index contributed by atoms with van der Waals surface area (Å²) in [5, 5.41) is 11.2. The van der Waals surface area contributed by atoms with Gasteiger partial charge in [-0.25, -0.2) is 0 Å². The molecule has 2 rings (SSSR count). The maximum absolute atomic E-state index is 8.81. The summed E-state index contributed by atoms with van der Waals surface area (Å²) in [5.74, 6) is 2.80. The molecule has 1 atom stereocenters. The van der Waals surface area contributed by atoms with Crippen molar-refractivity contribution in [2.75, 3.05) is 7.11 Å². The molecule has 68 valence electrons. The number of benzene rings is 1. The molecule has 0 spiro atoms. The molecule has 1 aliphatic heterocycles. The summed E-state index contributed by atoms with van der Waals surface area (Å²) < 4.78 is 5.13. The van der Waals surface area contributed by atoms with Crippen LogP contribution < -0.4 is 4.74 Å². The predicted molar refractivity (Wildman–Crippen MR) is 55.0 cm³/mol. The van der Waals surface area contributed by atoms with Gasteiger partial charge in [-0.1, -0.05) is 6.07 Å². The lowest BCUT2D eigenvalue weighted by Gasteiger charge is -2.01. The molecule has 2 nitrogen and oxygen atoms in total. The summed E-state index contributed by atoms with van der Waals surface area (Å²) in [6.07, 6.45) is 0. The van der Waals surface area contributed by atoms with Crippen molar-refractivity contribution in [2.24, 2.45) is 0 Å². The molecular weight excluding hydrogens is 182 g/mol. The van der Waals surface area contributed by atoms with Crippen molar-refractivity contribution in [3.63, 3.8) is 0 Å². The van der Waals surface area contributed by atoms with Crippen LogP contribution in [-0.4, -0.2) is 7.11 Å². The molecule has 0 amide bonds. The summed E-state index contributed by atoms with van der Waals surface area (Å²) in [7, 11) is 1.23. The zero-order valence-corrected chi connectivity index (χ0v) is 8.34. The fourth-order valence-corrected chi connectivity index (χ4v) is 3.25. The van der Waals surface area contributed by atoms with Crippen molar-refractivity contribution >= 4 is 10.9 Å². The zero-order valence-electron chi connectivity index (χ0n) is 7.45. The number of hydrogen-bond donors (Lipinski definition) is 1. The summed E-state index contributed by atoms with van der Waals surface area (Å²) in [4.78, 5) is 0. The number of methoxy groups -OCH3 is 1. The second-order valence-corrected chi connectivity index (χ2v) is 5.00. The summed E-state index contributed by atoms with van der Waals surface area (Å²) >= 11 is 0. The van der Waals surface area contributed by atoms with Gasteiger partial charge in [-0.05, 0) is 23.3 Å². The van der Waals surface area contributed by atoms with Crippen LogP contribution in [0, 0.1) is 10.7 Å². The van der Waals surface area contributed by atoms with Gasteiger partial charge in [-0.15, -0.1) is 0 Å². The van der Waals surface area contributed by atoms with Crippen LogP contribution in [0.4, 0.5) is 0 Å². The minimum atomic E-state index is -0.437. The van der Waals surface area contributed by atoms with Crippen molar-refractivity contribution in [1.82, 2.24) is 0 Å². The molecule has 0 saturated heterocycles. The Bertz CT molecular complexity index is 370. The molecule has 1 aliphatic rings. The molecule has 0 aromatic heterocycles. The van der Waals surface area contributed by atoms with Gasteiger partial charge < -0.3 is 4.74 Å². The Morgan fingerprint density at radius 2 is 2.15 bits per heavy atom. The minimum Gasteiger partial charge on any atom is -0.497 e. The number of fused-ring (bicyclic) bond motifs is 1. The van der Waals surface area contributed by atoms with E-state index in [4.69, 9.17) is 10.00 Å². The maximum Gasteiger partial charge on any atom is 0.119 e. The normalized spacial score (nSPS) is 22.0. The first kappa shape index (κ1) is 8.46. The van der Waals surface area contributed by atoms with E-state index in [1.54, 1.807) is 7.11 Å². The molecule has 0 aliphatic carbocycles. The Balaban J connectivity index is 2.32. The van der Waals surface area contributed by atoms with Gasteiger partial charge in [0.1, 0.15) is 11.2 Å². The Kier molecular flexibility index (Phi) is 2.15. The molecule has 3 heteroatoms. The third-order valence-corrected chi connectivity index (χ3v) is 4.00. The first-order valence-corrected chi connectivity index (χ1v) is 5.85. The molecule has 0 bridgehead atoms. The van der Waals surface area contributed by atoms with E-state index in [1.165, 1.54) is 11.1 Å². The van der Waals surface area contributed by atoms with Gasteiger partial charge in [0.2, 0.25) is 0 Å². The monoisotopic (exact) mass is 193 g/mol. The standard InChI is InChI=1S/C10H11NOS/c1-12-10-3-2-8-5-13(7-11)6-9(8)4-10/h2-4,13H,5-6H2,1H3. The van der Waals surface area contributed by atoms with E-state index in [0.29, 0.717) is 0 Å². The fourth-order valence-electron chi connectivity index (χ4n) is 1.57. The molecule has 0 fully saturated rings. The number of nitrogens with zero attached hydrogens (tertiary/aromatic N) is 1. The lowest BCUT2D eigenvalue weighted by molar-refractivity contribution is 0.414. The van der Waals surface area contributed by atoms with Gasteiger partial charge in [0, 0.05) is 11.5 Å². The number of nitriles is 1. The maximum atomic E-state index is 8.81. The van der Waals surface area contributed by atoms with Crippen LogP contribution in [-0.2, 0) is 11.5 Å². The van der Waals surface area contributed by atoms with E-state index in [9.17, 15) is 0 Å². The molecule has 0 saturated carbocycles. The Hall–Kier alpha value is -1.14. The average Bonchev–Trinajstić information content (AvgIpc) is 2.58. The number of thiol groups is 1. The molecule has 1 unspecified atom stereocenters. The van der Waals surface area contributed by atoms with Crippen LogP contribution in [0.1, 0.15) is 11.1 Å². The molecule has 1 aromatic rings. The highest BCUT2D eigenvalue weighted by Crippen LogP contribution is 2.42. The second-order valence-electron chi connectivity index (χ2n) is 3.09. The van der Waals surface area contributed by atoms with E-state index in [0.717, 1.165) is 17.3 Å². The highest BCUT2D eigenvalue weighted by Gasteiger charge is 2.17. The van der Waals surface area contributed by atoms with Crippen LogP contribution >= 0.6 is 10.9 Å². The van der Waals surface area contributed by atoms with Gasteiger partial charge in [-0.3, -0.25) is 0 Å². The third kappa shape index (κ3) is 1.50. The predicted octanol–water partition coefficient (Wildman–Crippen LogP) is 2.19. The second kappa shape index (κ2) is 3.31. The van der Waals surface area contributed by atoms with E-state index in [-0.39, 0.29) is 0 Å². The minimum absolute atomic E-state index is 0.437. The van der Waals surface area contributed by atoms with Crippen molar-refractivity contribution in [3.05, 3.63) is 29.3 Å². The van der Waals surface area contributed by atoms with Gasteiger partial charge in [0.05, 0.1) is 7.11 Å². The van der Waals surface area contributed by atoms with Crippen molar-refractivity contribution in [3.8, 4) is 11.2 Å². The smallest absolute Gasteiger partial charge is 0.119 e. The van der Waals surface area contributed by atoms with Crippen molar-refractivity contribution < 1.29 is 4.74 Å². The molecule has 1 aromatic carbocycles. The highest BCUT2D eigenvalue weighted by molar-refractivity contribution is 8.19. The molecule has 0 N–H and O–H groups in total. The van der Waals surface area contributed by atoms with E-state index in [1.807, 2.05) is 6.07 Å². The zero-order chi connectivity index (χ0) is 9.26. The lowest BCUT2D eigenvalue weighted by atomic mass is 10.1. The van der Waals surface area contributed by atoms with Crippen LogP contribution in [0.25, 0.3) is 0 Å². The molecule has 13 heavy (non-hydrogen) atoms. The van der Waals surface area contributed by atoms with Crippen LogP contribution in [0.2, 0.25) is 0 Å². The third-order valence-electron chi connectivity index (χ3n) is 2.28. The topological polar surface area (TPSA) is 33.0 Å². The number of rotatable bonds is 1. The summed E-state index contributed by atoms with van der Waals surface area (Å²) in [5.41, 5.74) is 2.63. The van der Waals surface area contributed by atoms with Crippen LogP contribution in [0.3, 0.4) is 0 Å². The fraction of sp³-hybridized carbons (Fsp3) is 0.300. The number of ether oxygens (including phenoxy) is 1. The largest absolute Gasteiger partial charge is 0.497 e. The molecule has 1 heterocycles. The Labute approximate surface area is 80.5 Å².